The molecule has 0 saturated heterocycles. The minimum Gasteiger partial charge on any atom is -0.342 e. The second kappa shape index (κ2) is 7.71. The molecule has 3 heterocycles. The van der Waals surface area contributed by atoms with E-state index in [2.05, 4.69) is 9.71 Å². The lowest BCUT2D eigenvalue weighted by atomic mass is 9.99. The molecule has 0 bridgehead atoms. The van der Waals surface area contributed by atoms with Gasteiger partial charge in [0.2, 0.25) is 5.91 Å². The Bertz CT molecular complexity index is 1110. The van der Waals surface area contributed by atoms with E-state index in [0.717, 1.165) is 11.1 Å². The fourth-order valence-corrected chi connectivity index (χ4v) is 4.62. The van der Waals surface area contributed by atoms with Gasteiger partial charge in [-0.1, -0.05) is 6.07 Å². The second-order valence-electron chi connectivity index (χ2n) is 7.09. The standard InChI is InChI=1S/C21H22N4O3S/c1-16(24-10-2-3-11-24)21(26)25-12-8-17-6-7-20(13-18(17)15-25)29(27,28)23-19-5-4-9-22-14-19/h2-7,9-11,13-14,16,23H,8,12,15H2,1H3/t16-/m0/s1. The predicted octanol–water partition coefficient (Wildman–Crippen LogP) is 2.83. The third-order valence-electron chi connectivity index (χ3n) is 5.16. The Morgan fingerprint density at radius 1 is 1.14 bits per heavy atom. The Morgan fingerprint density at radius 2 is 1.93 bits per heavy atom. The smallest absolute Gasteiger partial charge is 0.261 e. The number of aromatic nitrogens is 2. The van der Waals surface area contributed by atoms with Crippen LogP contribution in [-0.4, -0.2) is 35.3 Å². The van der Waals surface area contributed by atoms with E-state index in [1.54, 1.807) is 35.4 Å². The zero-order valence-corrected chi connectivity index (χ0v) is 16.8. The van der Waals surface area contributed by atoms with Crippen LogP contribution in [0.25, 0.3) is 0 Å². The van der Waals surface area contributed by atoms with Gasteiger partial charge in [0.15, 0.2) is 0 Å². The molecular weight excluding hydrogens is 388 g/mol. The first-order valence-corrected chi connectivity index (χ1v) is 10.9. The predicted molar refractivity (Wildman–Crippen MR) is 110 cm³/mol. The third kappa shape index (κ3) is 4.02. The van der Waals surface area contributed by atoms with Crippen LogP contribution in [0.15, 0.2) is 72.1 Å². The van der Waals surface area contributed by atoms with Gasteiger partial charge < -0.3 is 9.47 Å². The van der Waals surface area contributed by atoms with Crippen LogP contribution in [-0.2, 0) is 27.8 Å². The molecule has 1 N–H and O–H groups in total. The van der Waals surface area contributed by atoms with Gasteiger partial charge in [-0.25, -0.2) is 8.42 Å². The van der Waals surface area contributed by atoms with Gasteiger partial charge in [-0.05, 0) is 60.9 Å². The Hall–Kier alpha value is -3.13. The summed E-state index contributed by atoms with van der Waals surface area (Å²) in [5.41, 5.74) is 2.34. The van der Waals surface area contributed by atoms with Crippen LogP contribution in [0, 0.1) is 0 Å². The average Bonchev–Trinajstić information content (AvgIpc) is 3.27. The van der Waals surface area contributed by atoms with Crippen LogP contribution in [0.3, 0.4) is 0 Å². The number of hydrogen-bond acceptors (Lipinski definition) is 4. The Balaban J connectivity index is 1.55. The number of carbonyl (C=O) groups excluding carboxylic acids is 1. The maximum atomic E-state index is 12.9. The number of hydrogen-bond donors (Lipinski definition) is 1. The summed E-state index contributed by atoms with van der Waals surface area (Å²) in [6.07, 6.45) is 7.48. The molecule has 0 fully saturated rings. The third-order valence-corrected chi connectivity index (χ3v) is 6.54. The Morgan fingerprint density at radius 3 is 2.66 bits per heavy atom. The molecule has 0 saturated carbocycles. The van der Waals surface area contributed by atoms with Gasteiger partial charge in [0, 0.05) is 31.7 Å². The van der Waals surface area contributed by atoms with Gasteiger partial charge >= 0.3 is 0 Å². The molecule has 0 spiro atoms. The van der Waals surface area contributed by atoms with Gasteiger partial charge in [0.25, 0.3) is 10.0 Å². The van der Waals surface area contributed by atoms with Crippen molar-refractivity contribution in [3.63, 3.8) is 0 Å². The highest BCUT2D eigenvalue weighted by molar-refractivity contribution is 7.92. The fraction of sp³-hybridized carbons (Fsp3) is 0.238. The lowest BCUT2D eigenvalue weighted by Crippen LogP contribution is -2.39. The van der Waals surface area contributed by atoms with Crippen molar-refractivity contribution in [3.05, 3.63) is 78.4 Å². The molecule has 1 aromatic carbocycles. The van der Waals surface area contributed by atoms with E-state index in [-0.39, 0.29) is 16.8 Å². The van der Waals surface area contributed by atoms with Crippen molar-refractivity contribution >= 4 is 21.6 Å². The number of fused-ring (bicyclic) bond motifs is 1. The summed E-state index contributed by atoms with van der Waals surface area (Å²) in [5.74, 6) is 0.0218. The van der Waals surface area contributed by atoms with Gasteiger partial charge in [0.1, 0.15) is 6.04 Å². The van der Waals surface area contributed by atoms with Crippen molar-refractivity contribution in [1.82, 2.24) is 14.5 Å². The number of rotatable bonds is 5. The lowest BCUT2D eigenvalue weighted by Gasteiger charge is -2.31. The topological polar surface area (TPSA) is 84.3 Å². The Kier molecular flexibility index (Phi) is 5.10. The number of nitrogens with one attached hydrogen (secondary N) is 1. The van der Waals surface area contributed by atoms with E-state index in [1.165, 1.54) is 6.20 Å². The molecule has 8 heteroatoms. The largest absolute Gasteiger partial charge is 0.342 e. The van der Waals surface area contributed by atoms with Gasteiger partial charge in [-0.15, -0.1) is 0 Å². The lowest BCUT2D eigenvalue weighted by molar-refractivity contribution is -0.135. The SMILES string of the molecule is C[C@@H](C(=O)N1CCc2ccc(S(=O)(=O)Nc3cccnc3)cc2C1)n1cccc1. The molecule has 1 atom stereocenters. The number of benzene rings is 1. The van der Waals surface area contributed by atoms with Crippen LogP contribution >= 0.6 is 0 Å². The maximum absolute atomic E-state index is 12.9. The quantitative estimate of drug-likeness (QED) is 0.701. The number of nitrogens with zero attached hydrogens (tertiary/aromatic N) is 3. The minimum absolute atomic E-state index is 0.0218. The number of amides is 1. The van der Waals surface area contributed by atoms with E-state index >= 15 is 0 Å². The summed E-state index contributed by atoms with van der Waals surface area (Å²) in [6.45, 7) is 2.89. The van der Waals surface area contributed by atoms with Crippen molar-refractivity contribution < 1.29 is 13.2 Å². The number of anilines is 1. The van der Waals surface area contributed by atoms with E-state index in [1.807, 2.05) is 42.1 Å². The molecule has 0 radical (unpaired) electrons. The molecule has 2 aromatic heterocycles. The van der Waals surface area contributed by atoms with E-state index in [4.69, 9.17) is 0 Å². The molecule has 150 valence electrons. The Labute approximate surface area is 170 Å². The zero-order chi connectivity index (χ0) is 20.4. The van der Waals surface area contributed by atoms with E-state index in [9.17, 15) is 13.2 Å². The van der Waals surface area contributed by atoms with Crippen LogP contribution in [0.1, 0.15) is 24.1 Å². The van der Waals surface area contributed by atoms with Crippen molar-refractivity contribution in [3.8, 4) is 0 Å². The monoisotopic (exact) mass is 410 g/mol. The molecule has 0 unspecified atom stereocenters. The first kappa shape index (κ1) is 19.2. The minimum atomic E-state index is -3.73. The van der Waals surface area contributed by atoms with Crippen LogP contribution in [0.5, 0.6) is 0 Å². The van der Waals surface area contributed by atoms with Crippen LogP contribution in [0.4, 0.5) is 5.69 Å². The van der Waals surface area contributed by atoms with E-state index < -0.39 is 10.0 Å². The van der Waals surface area contributed by atoms with Gasteiger partial charge in [0.05, 0.1) is 16.8 Å². The highest BCUT2D eigenvalue weighted by Crippen LogP contribution is 2.25. The zero-order valence-electron chi connectivity index (χ0n) is 16.0. The van der Waals surface area contributed by atoms with Crippen LogP contribution < -0.4 is 4.72 Å². The maximum Gasteiger partial charge on any atom is 0.261 e. The molecule has 1 aliphatic heterocycles. The first-order valence-electron chi connectivity index (χ1n) is 9.40. The second-order valence-corrected chi connectivity index (χ2v) is 8.78. The molecule has 1 aliphatic rings. The molecule has 7 nitrogen and oxygen atoms in total. The number of carbonyl (C=O) groups is 1. The van der Waals surface area contributed by atoms with Crippen molar-refractivity contribution in [2.24, 2.45) is 0 Å². The molecular formula is C21H22N4O3S. The van der Waals surface area contributed by atoms with Gasteiger partial charge in [-0.3, -0.25) is 14.5 Å². The van der Waals surface area contributed by atoms with E-state index in [0.29, 0.717) is 25.2 Å². The summed E-state index contributed by atoms with van der Waals surface area (Å²) in [5, 5.41) is 0. The summed E-state index contributed by atoms with van der Waals surface area (Å²) < 4.78 is 29.9. The molecule has 0 aliphatic carbocycles. The number of sulfonamides is 1. The first-order chi connectivity index (χ1) is 13.9. The van der Waals surface area contributed by atoms with Crippen molar-refractivity contribution in [1.29, 1.82) is 0 Å². The molecule has 29 heavy (non-hydrogen) atoms. The fourth-order valence-electron chi connectivity index (χ4n) is 3.52. The van der Waals surface area contributed by atoms with Crippen molar-refractivity contribution in [2.45, 2.75) is 30.8 Å². The normalized spacial score (nSPS) is 14.9. The summed E-state index contributed by atoms with van der Waals surface area (Å²) in [7, 11) is -3.73. The molecule has 3 aromatic rings. The highest BCUT2D eigenvalue weighted by Gasteiger charge is 2.26. The highest BCUT2D eigenvalue weighted by atomic mass is 32.2. The summed E-state index contributed by atoms with van der Waals surface area (Å²) in [4.78, 5) is 18.8. The summed E-state index contributed by atoms with van der Waals surface area (Å²) in [6, 6.07) is 11.9. The summed E-state index contributed by atoms with van der Waals surface area (Å²) >= 11 is 0. The van der Waals surface area contributed by atoms with Crippen molar-refractivity contribution in [2.75, 3.05) is 11.3 Å². The van der Waals surface area contributed by atoms with Gasteiger partial charge in [-0.2, -0.15) is 0 Å². The molecule has 1 amide bonds. The molecule has 4 rings (SSSR count). The average molecular weight is 410 g/mol. The van der Waals surface area contributed by atoms with Crippen LogP contribution in [0.2, 0.25) is 0 Å². The number of pyridine rings is 1.